The maximum atomic E-state index is 12.3. The zero-order valence-corrected chi connectivity index (χ0v) is 13.9. The second-order valence-electron chi connectivity index (χ2n) is 6.43. The number of pyridine rings is 1. The normalized spacial score (nSPS) is 20.6. The summed E-state index contributed by atoms with van der Waals surface area (Å²) in [6, 6.07) is 12.1. The highest BCUT2D eigenvalue weighted by atomic mass is 16.1. The summed E-state index contributed by atoms with van der Waals surface area (Å²) in [4.78, 5) is 19.1. The van der Waals surface area contributed by atoms with Crippen molar-refractivity contribution in [3.05, 3.63) is 53.7 Å². The van der Waals surface area contributed by atoms with Crippen molar-refractivity contribution in [2.75, 3.05) is 16.8 Å². The largest absolute Gasteiger partial charge is 0.354 e. The van der Waals surface area contributed by atoms with Gasteiger partial charge < -0.3 is 10.2 Å². The van der Waals surface area contributed by atoms with E-state index in [1.54, 1.807) is 6.20 Å². The van der Waals surface area contributed by atoms with E-state index >= 15 is 0 Å². The molecule has 1 aromatic heterocycles. The molecule has 2 unspecified atom stereocenters. The van der Waals surface area contributed by atoms with Crippen molar-refractivity contribution in [3.63, 3.8) is 0 Å². The molecule has 4 heteroatoms. The van der Waals surface area contributed by atoms with Gasteiger partial charge in [-0.2, -0.15) is 0 Å². The maximum Gasteiger partial charge on any atom is 0.257 e. The lowest BCUT2D eigenvalue weighted by Crippen LogP contribution is -2.29. The van der Waals surface area contributed by atoms with Crippen LogP contribution in [0.1, 0.15) is 36.2 Å². The van der Waals surface area contributed by atoms with Gasteiger partial charge in [-0.25, -0.2) is 4.98 Å². The lowest BCUT2D eigenvalue weighted by molar-refractivity contribution is 0.102. The predicted octanol–water partition coefficient (Wildman–Crippen LogP) is 3.88. The fraction of sp³-hybridized carbons (Fsp3) is 0.368. The number of benzene rings is 1. The average Bonchev–Trinajstić information content (AvgIpc) is 2.89. The number of carbonyl (C=O) groups is 1. The molecule has 0 bridgehead atoms. The van der Waals surface area contributed by atoms with Crippen LogP contribution < -0.4 is 10.2 Å². The van der Waals surface area contributed by atoms with Crippen LogP contribution in [0.3, 0.4) is 0 Å². The Hall–Kier alpha value is -2.36. The molecule has 0 radical (unpaired) electrons. The van der Waals surface area contributed by atoms with Crippen molar-refractivity contribution in [2.45, 2.75) is 33.2 Å². The van der Waals surface area contributed by atoms with Crippen LogP contribution in [-0.2, 0) is 0 Å². The van der Waals surface area contributed by atoms with Crippen LogP contribution in [0.15, 0.2) is 42.6 Å². The zero-order valence-electron chi connectivity index (χ0n) is 13.9. The molecule has 1 amide bonds. The SMILES string of the molecule is Cc1ccc(NC(=O)c2ccc(N3CCC(C)C3C)nc2)cc1. The molecule has 0 saturated carbocycles. The van der Waals surface area contributed by atoms with E-state index in [9.17, 15) is 4.79 Å². The van der Waals surface area contributed by atoms with Crippen molar-refractivity contribution in [1.29, 1.82) is 0 Å². The lowest BCUT2D eigenvalue weighted by Gasteiger charge is -2.24. The number of aromatic nitrogens is 1. The first kappa shape index (κ1) is 15.5. The first-order chi connectivity index (χ1) is 11.0. The molecule has 1 fully saturated rings. The van der Waals surface area contributed by atoms with Gasteiger partial charge in [0, 0.05) is 24.5 Å². The Morgan fingerprint density at radius 2 is 1.91 bits per heavy atom. The minimum absolute atomic E-state index is 0.129. The Morgan fingerprint density at radius 1 is 1.17 bits per heavy atom. The molecule has 120 valence electrons. The standard InChI is InChI=1S/C19H23N3O/c1-13-4-7-17(8-5-13)21-19(23)16-6-9-18(20-12-16)22-11-10-14(2)15(22)3/h4-9,12,14-15H,10-11H2,1-3H3,(H,21,23). The minimum Gasteiger partial charge on any atom is -0.354 e. The van der Waals surface area contributed by atoms with E-state index in [4.69, 9.17) is 0 Å². The second-order valence-corrected chi connectivity index (χ2v) is 6.43. The van der Waals surface area contributed by atoms with Crippen molar-refractivity contribution < 1.29 is 4.79 Å². The summed E-state index contributed by atoms with van der Waals surface area (Å²) >= 11 is 0. The molecule has 1 N–H and O–H groups in total. The third kappa shape index (κ3) is 3.36. The Labute approximate surface area is 137 Å². The molecule has 1 saturated heterocycles. The Kier molecular flexibility index (Phi) is 4.33. The Bertz CT molecular complexity index is 679. The molecular weight excluding hydrogens is 286 g/mol. The third-order valence-electron chi connectivity index (χ3n) is 4.75. The molecule has 0 aliphatic carbocycles. The highest BCUT2D eigenvalue weighted by molar-refractivity contribution is 6.04. The van der Waals surface area contributed by atoms with Crippen LogP contribution in [0.2, 0.25) is 0 Å². The van der Waals surface area contributed by atoms with E-state index in [0.29, 0.717) is 17.5 Å². The monoisotopic (exact) mass is 309 g/mol. The van der Waals surface area contributed by atoms with Gasteiger partial charge >= 0.3 is 0 Å². The fourth-order valence-electron chi connectivity index (χ4n) is 2.95. The molecule has 2 aromatic rings. The second kappa shape index (κ2) is 6.41. The number of rotatable bonds is 3. The number of carbonyl (C=O) groups excluding carboxylic acids is 1. The van der Waals surface area contributed by atoms with Gasteiger partial charge in [-0.1, -0.05) is 24.6 Å². The molecule has 2 heterocycles. The maximum absolute atomic E-state index is 12.3. The van der Waals surface area contributed by atoms with Gasteiger partial charge in [0.05, 0.1) is 5.56 Å². The smallest absolute Gasteiger partial charge is 0.257 e. The molecule has 3 rings (SSSR count). The van der Waals surface area contributed by atoms with Crippen molar-refractivity contribution in [1.82, 2.24) is 4.98 Å². The van der Waals surface area contributed by atoms with E-state index in [2.05, 4.69) is 29.0 Å². The molecular formula is C19H23N3O. The van der Waals surface area contributed by atoms with Crippen LogP contribution in [0, 0.1) is 12.8 Å². The molecule has 0 spiro atoms. The summed E-state index contributed by atoms with van der Waals surface area (Å²) in [5, 5.41) is 2.90. The molecule has 4 nitrogen and oxygen atoms in total. The molecule has 2 atom stereocenters. The van der Waals surface area contributed by atoms with E-state index in [-0.39, 0.29) is 5.91 Å². The summed E-state index contributed by atoms with van der Waals surface area (Å²) in [5.74, 6) is 1.51. The number of hydrogen-bond donors (Lipinski definition) is 1. The number of hydrogen-bond acceptors (Lipinski definition) is 3. The molecule has 23 heavy (non-hydrogen) atoms. The van der Waals surface area contributed by atoms with Gasteiger partial charge in [0.25, 0.3) is 5.91 Å². The van der Waals surface area contributed by atoms with Crippen molar-refractivity contribution in [3.8, 4) is 0 Å². The van der Waals surface area contributed by atoms with Crippen molar-refractivity contribution in [2.24, 2.45) is 5.92 Å². The van der Waals surface area contributed by atoms with Crippen molar-refractivity contribution >= 4 is 17.4 Å². The van der Waals surface area contributed by atoms with Gasteiger partial charge in [0.2, 0.25) is 0 Å². The lowest BCUT2D eigenvalue weighted by atomic mass is 10.1. The van der Waals surface area contributed by atoms with Gasteiger partial charge in [-0.15, -0.1) is 0 Å². The van der Waals surface area contributed by atoms with E-state index in [1.807, 2.05) is 43.3 Å². The van der Waals surface area contributed by atoms with Crippen LogP contribution in [0.25, 0.3) is 0 Å². The Balaban J connectivity index is 1.69. The summed E-state index contributed by atoms with van der Waals surface area (Å²) < 4.78 is 0. The fourth-order valence-corrected chi connectivity index (χ4v) is 2.95. The van der Waals surface area contributed by atoms with Crippen LogP contribution in [0.5, 0.6) is 0 Å². The Morgan fingerprint density at radius 3 is 2.48 bits per heavy atom. The number of aryl methyl sites for hydroxylation is 1. The zero-order chi connectivity index (χ0) is 16.4. The third-order valence-corrected chi connectivity index (χ3v) is 4.75. The summed E-state index contributed by atoms with van der Waals surface area (Å²) in [7, 11) is 0. The van der Waals surface area contributed by atoms with Gasteiger partial charge in [0.1, 0.15) is 5.82 Å². The minimum atomic E-state index is -0.129. The first-order valence-corrected chi connectivity index (χ1v) is 8.15. The molecule has 1 aliphatic heterocycles. The van der Waals surface area contributed by atoms with Crippen LogP contribution >= 0.6 is 0 Å². The number of amides is 1. The van der Waals surface area contributed by atoms with E-state index < -0.39 is 0 Å². The topological polar surface area (TPSA) is 45.2 Å². The number of nitrogens with zero attached hydrogens (tertiary/aromatic N) is 2. The highest BCUT2D eigenvalue weighted by Gasteiger charge is 2.28. The quantitative estimate of drug-likeness (QED) is 0.936. The van der Waals surface area contributed by atoms with Gasteiger partial charge in [0.15, 0.2) is 0 Å². The molecule has 1 aromatic carbocycles. The van der Waals surface area contributed by atoms with E-state index in [0.717, 1.165) is 18.1 Å². The summed E-state index contributed by atoms with van der Waals surface area (Å²) in [6.07, 6.45) is 2.85. The number of nitrogens with one attached hydrogen (secondary N) is 1. The van der Waals surface area contributed by atoms with Crippen LogP contribution in [0.4, 0.5) is 11.5 Å². The predicted molar refractivity (Wildman–Crippen MR) is 94.0 cm³/mol. The highest BCUT2D eigenvalue weighted by Crippen LogP contribution is 2.27. The summed E-state index contributed by atoms with van der Waals surface area (Å²) in [6.45, 7) is 7.56. The van der Waals surface area contributed by atoms with Gasteiger partial charge in [-0.3, -0.25) is 4.79 Å². The summed E-state index contributed by atoms with van der Waals surface area (Å²) in [5.41, 5.74) is 2.55. The molecule has 1 aliphatic rings. The van der Waals surface area contributed by atoms with E-state index in [1.165, 1.54) is 12.0 Å². The van der Waals surface area contributed by atoms with Crippen LogP contribution in [-0.4, -0.2) is 23.5 Å². The number of anilines is 2. The average molecular weight is 309 g/mol. The van der Waals surface area contributed by atoms with Gasteiger partial charge in [-0.05, 0) is 50.5 Å². The first-order valence-electron chi connectivity index (χ1n) is 8.15.